The molecule has 7 atom stereocenters. The quantitative estimate of drug-likeness (QED) is 0.0799. The van der Waals surface area contributed by atoms with Crippen LogP contribution in [0.4, 0.5) is 9.59 Å². The molecule has 5 N–H and O–H groups in total. The van der Waals surface area contributed by atoms with E-state index in [0.717, 1.165) is 91.2 Å². The molecular weight excluding hydrogens is 893 g/mol. The highest BCUT2D eigenvalue weighted by Crippen LogP contribution is 2.58. The minimum absolute atomic E-state index is 0.0261. The zero-order valence-corrected chi connectivity index (χ0v) is 39.7. The molecule has 3 aromatic carbocycles. The number of aromatic amines is 2. The number of hydrogen-bond acceptors (Lipinski definition) is 12. The average Bonchev–Trinajstić information content (AvgIpc) is 3.84. The lowest BCUT2D eigenvalue weighted by molar-refractivity contribution is -0.138. The SMILES string of the molecule is COC(=O)NC(C(=O)NC1=C(C)C1CCc1nc2ccc(-c3ccc4nc(-c5ccc6nc(C7CC8C(C)C8N7C(=O)C(NC(=O)OC)C7CCOCC7)[nH]c6c5)cnc4c3)cc2[nH]1)C1CCOCC1. The fraction of sp³-hybridized carbons (Fsp3) is 0.462. The van der Waals surface area contributed by atoms with Crippen LogP contribution >= 0.6 is 0 Å². The number of H-pyrrole nitrogens is 2. The number of nitrogens with one attached hydrogen (secondary N) is 5. The number of ether oxygens (including phenoxy) is 4. The highest BCUT2D eigenvalue weighted by atomic mass is 16.5. The van der Waals surface area contributed by atoms with Gasteiger partial charge in [-0.15, -0.1) is 0 Å². The first kappa shape index (κ1) is 45.5. The summed E-state index contributed by atoms with van der Waals surface area (Å²) >= 11 is 0. The Balaban J connectivity index is 0.748. The van der Waals surface area contributed by atoms with Crippen LogP contribution in [0.3, 0.4) is 0 Å². The van der Waals surface area contributed by atoms with E-state index in [4.69, 9.17) is 38.9 Å². The van der Waals surface area contributed by atoms with Gasteiger partial charge in [-0.05, 0) is 122 Å². The van der Waals surface area contributed by atoms with Crippen LogP contribution in [0, 0.1) is 29.6 Å². The van der Waals surface area contributed by atoms with E-state index in [1.54, 1.807) is 6.20 Å². The number of carbonyl (C=O) groups is 4. The topological polar surface area (TPSA) is 228 Å². The monoisotopic (exact) mass is 950 g/mol. The number of benzene rings is 3. The van der Waals surface area contributed by atoms with Gasteiger partial charge >= 0.3 is 12.2 Å². The maximum Gasteiger partial charge on any atom is 0.407 e. The number of carbonyl (C=O) groups excluding carboxylic acids is 4. The van der Waals surface area contributed by atoms with E-state index in [1.165, 1.54) is 14.2 Å². The van der Waals surface area contributed by atoms with Crippen molar-refractivity contribution in [2.75, 3.05) is 40.6 Å². The molecule has 18 nitrogen and oxygen atoms in total. The number of hydrogen-bond donors (Lipinski definition) is 5. The molecule has 3 aromatic heterocycles. The van der Waals surface area contributed by atoms with Crippen molar-refractivity contribution in [1.29, 1.82) is 0 Å². The predicted molar refractivity (Wildman–Crippen MR) is 259 cm³/mol. The van der Waals surface area contributed by atoms with E-state index < -0.39 is 24.3 Å². The third-order valence-electron chi connectivity index (χ3n) is 15.5. The largest absolute Gasteiger partial charge is 0.453 e. The normalized spacial score (nSPS) is 23.3. The molecule has 11 rings (SSSR count). The minimum Gasteiger partial charge on any atom is -0.453 e. The lowest BCUT2D eigenvalue weighted by atomic mass is 9.90. The highest BCUT2D eigenvalue weighted by Gasteiger charge is 2.62. The number of allylic oxidation sites excluding steroid dienone is 2. The van der Waals surface area contributed by atoms with Crippen molar-refractivity contribution in [2.24, 2.45) is 29.6 Å². The zero-order valence-electron chi connectivity index (χ0n) is 39.7. The Morgan fingerprint density at radius 3 is 2.09 bits per heavy atom. The number of nitrogens with zero attached hydrogens (tertiary/aromatic N) is 5. The molecule has 0 bridgehead atoms. The van der Waals surface area contributed by atoms with Crippen molar-refractivity contribution >= 4 is 57.1 Å². The molecule has 3 aliphatic heterocycles. The summed E-state index contributed by atoms with van der Waals surface area (Å²) < 4.78 is 20.8. The number of amides is 4. The van der Waals surface area contributed by atoms with Crippen LogP contribution in [0.1, 0.15) is 70.1 Å². The number of likely N-dealkylation sites (tertiary alicyclic amines) is 1. The van der Waals surface area contributed by atoms with Gasteiger partial charge in [-0.3, -0.25) is 14.6 Å². The first-order valence-corrected chi connectivity index (χ1v) is 24.5. The average molecular weight is 951 g/mol. The maximum absolute atomic E-state index is 14.5. The number of piperidine rings is 1. The Bertz CT molecular complexity index is 3050. The first-order chi connectivity index (χ1) is 34.0. The molecule has 1 saturated carbocycles. The molecule has 3 saturated heterocycles. The Morgan fingerprint density at radius 1 is 0.757 bits per heavy atom. The molecule has 364 valence electrons. The molecule has 6 aromatic rings. The number of rotatable bonds is 13. The molecule has 5 aliphatic rings. The van der Waals surface area contributed by atoms with Crippen molar-refractivity contribution in [2.45, 2.75) is 83.0 Å². The Hall–Kier alpha value is -6.92. The Kier molecular flexibility index (Phi) is 12.2. The van der Waals surface area contributed by atoms with Gasteiger partial charge < -0.3 is 49.8 Å². The van der Waals surface area contributed by atoms with Gasteiger partial charge in [0.15, 0.2) is 0 Å². The van der Waals surface area contributed by atoms with Gasteiger partial charge in [0.1, 0.15) is 23.7 Å². The van der Waals surface area contributed by atoms with Crippen LogP contribution in [0.5, 0.6) is 0 Å². The second-order valence-corrected chi connectivity index (χ2v) is 19.5. The third kappa shape index (κ3) is 8.82. The maximum atomic E-state index is 14.5. The van der Waals surface area contributed by atoms with E-state index in [0.29, 0.717) is 70.4 Å². The van der Waals surface area contributed by atoms with Gasteiger partial charge in [0.25, 0.3) is 0 Å². The number of fused-ring (bicyclic) bond motifs is 4. The van der Waals surface area contributed by atoms with E-state index in [-0.39, 0.29) is 41.7 Å². The van der Waals surface area contributed by atoms with Gasteiger partial charge in [0.05, 0.1) is 65.3 Å². The van der Waals surface area contributed by atoms with Crippen LogP contribution in [0.25, 0.3) is 55.5 Å². The highest BCUT2D eigenvalue weighted by molar-refractivity contribution is 5.90. The predicted octanol–water partition coefficient (Wildman–Crippen LogP) is 6.88. The second kappa shape index (κ2) is 18.8. The molecule has 70 heavy (non-hydrogen) atoms. The van der Waals surface area contributed by atoms with Gasteiger partial charge in [-0.2, -0.15) is 0 Å². The van der Waals surface area contributed by atoms with Crippen LogP contribution in [-0.4, -0.2) is 118 Å². The number of aromatic nitrogens is 6. The number of alkyl carbamates (subject to hydrolysis) is 2. The zero-order chi connectivity index (χ0) is 48.2. The smallest absolute Gasteiger partial charge is 0.407 e. The molecule has 7 unspecified atom stereocenters. The van der Waals surface area contributed by atoms with Crippen LogP contribution in [-0.2, 0) is 35.0 Å². The Labute approximate surface area is 404 Å². The first-order valence-electron chi connectivity index (χ1n) is 24.5. The summed E-state index contributed by atoms with van der Waals surface area (Å²) in [4.78, 5) is 81.2. The van der Waals surface area contributed by atoms with Crippen molar-refractivity contribution in [3.05, 3.63) is 83.7 Å². The molecule has 4 fully saturated rings. The summed E-state index contributed by atoms with van der Waals surface area (Å²) in [5.41, 5.74) is 10.7. The summed E-state index contributed by atoms with van der Waals surface area (Å²) in [7, 11) is 2.62. The number of aryl methyl sites for hydroxylation is 1. The lowest BCUT2D eigenvalue weighted by Crippen LogP contribution is -2.54. The fourth-order valence-corrected chi connectivity index (χ4v) is 11.3. The van der Waals surface area contributed by atoms with Gasteiger partial charge in [-0.25, -0.2) is 24.5 Å². The van der Waals surface area contributed by atoms with E-state index in [9.17, 15) is 19.2 Å². The van der Waals surface area contributed by atoms with Crippen molar-refractivity contribution in [3.8, 4) is 22.4 Å². The van der Waals surface area contributed by atoms with Crippen LogP contribution < -0.4 is 16.0 Å². The molecule has 0 radical (unpaired) electrons. The third-order valence-corrected chi connectivity index (χ3v) is 15.5. The number of imidazole rings is 2. The van der Waals surface area contributed by atoms with Crippen molar-refractivity contribution < 1.29 is 38.1 Å². The fourth-order valence-electron chi connectivity index (χ4n) is 11.3. The van der Waals surface area contributed by atoms with Gasteiger partial charge in [-0.1, -0.05) is 25.1 Å². The molecule has 2 aliphatic carbocycles. The van der Waals surface area contributed by atoms with Crippen molar-refractivity contribution in [1.82, 2.24) is 50.8 Å². The summed E-state index contributed by atoms with van der Waals surface area (Å²) in [6.07, 6.45) is 5.61. The standard InChI is InChI=1S/C52H58N10O8/c1-26-33(44(26)59-49(63)45(60-51(65)67-3)28-13-17-69-18-14-28)8-12-43-55-36-10-6-31(22-39(36)56-43)30-5-9-35-38(21-30)53-25-41(54-35)32-7-11-37-40(23-32)58-48(57-37)42-24-34-27(2)47(34)62(42)50(64)46(61-52(66)68-4)29-15-19-70-20-16-29/h5-7,9-11,21-23,25,27-29,33-34,42,45-47H,8,12-20,24H2,1-4H3,(H,55,56)(H,57,58)(H,59,63)(H,60,65)(H,61,66). The van der Waals surface area contributed by atoms with E-state index in [1.807, 2.05) is 48.2 Å². The molecule has 4 amide bonds. The summed E-state index contributed by atoms with van der Waals surface area (Å²) in [6, 6.07) is 16.8. The summed E-state index contributed by atoms with van der Waals surface area (Å²) in [5, 5.41) is 8.71. The van der Waals surface area contributed by atoms with Crippen LogP contribution in [0.15, 0.2) is 72.1 Å². The number of methoxy groups -OCH3 is 2. The van der Waals surface area contributed by atoms with E-state index >= 15 is 0 Å². The molecule has 6 heterocycles. The summed E-state index contributed by atoms with van der Waals surface area (Å²) in [6.45, 7) is 6.44. The van der Waals surface area contributed by atoms with Crippen LogP contribution in [0.2, 0.25) is 0 Å². The minimum atomic E-state index is -0.703. The van der Waals surface area contributed by atoms with Gasteiger partial charge in [0.2, 0.25) is 11.8 Å². The lowest BCUT2D eigenvalue weighted by Gasteiger charge is -2.35. The Morgan fingerprint density at radius 2 is 1.37 bits per heavy atom. The van der Waals surface area contributed by atoms with E-state index in [2.05, 4.69) is 51.0 Å². The second-order valence-electron chi connectivity index (χ2n) is 19.5. The van der Waals surface area contributed by atoms with Gasteiger partial charge in [0, 0.05) is 56.1 Å². The van der Waals surface area contributed by atoms with Crippen molar-refractivity contribution in [3.63, 3.8) is 0 Å². The molecule has 18 heteroatoms. The summed E-state index contributed by atoms with van der Waals surface area (Å²) in [5.74, 6) is 2.13. The molecular formula is C52H58N10O8. The molecule has 0 spiro atoms.